The Labute approximate surface area is 120 Å². The third kappa shape index (κ3) is 2.60. The number of hydrogen-bond donors (Lipinski definition) is 0. The fourth-order valence-corrected chi connectivity index (χ4v) is 3.08. The molecular formula is C16H22N2O2. The van der Waals surface area contributed by atoms with Crippen molar-refractivity contribution in [3.8, 4) is 0 Å². The summed E-state index contributed by atoms with van der Waals surface area (Å²) in [5, 5.41) is 0. The Morgan fingerprint density at radius 2 is 2.00 bits per heavy atom. The molecule has 3 rings (SSSR count). The normalized spacial score (nSPS) is 18.1. The van der Waals surface area contributed by atoms with Gasteiger partial charge in [-0.3, -0.25) is 0 Å². The molecule has 0 saturated carbocycles. The van der Waals surface area contributed by atoms with Crippen molar-refractivity contribution in [2.75, 3.05) is 31.1 Å². The Kier molecular flexibility index (Phi) is 3.81. The van der Waals surface area contributed by atoms with Crippen LogP contribution in [-0.2, 0) is 17.7 Å². The van der Waals surface area contributed by atoms with Gasteiger partial charge >= 0.3 is 6.09 Å². The minimum atomic E-state index is -0.193. The molecule has 0 aromatic heterocycles. The molecule has 20 heavy (non-hydrogen) atoms. The van der Waals surface area contributed by atoms with Crippen molar-refractivity contribution in [3.05, 3.63) is 29.3 Å². The Hall–Kier alpha value is -1.71. The number of hydrogen-bond acceptors (Lipinski definition) is 3. The van der Waals surface area contributed by atoms with Gasteiger partial charge < -0.3 is 14.5 Å². The molecule has 0 radical (unpaired) electrons. The zero-order valence-corrected chi connectivity index (χ0v) is 12.1. The van der Waals surface area contributed by atoms with E-state index in [4.69, 9.17) is 4.74 Å². The molecular weight excluding hydrogens is 252 g/mol. The van der Waals surface area contributed by atoms with Gasteiger partial charge in [0.1, 0.15) is 0 Å². The van der Waals surface area contributed by atoms with E-state index in [9.17, 15) is 4.79 Å². The van der Waals surface area contributed by atoms with Crippen molar-refractivity contribution in [3.63, 3.8) is 0 Å². The van der Waals surface area contributed by atoms with Crippen LogP contribution in [0.2, 0.25) is 0 Å². The number of anilines is 1. The van der Waals surface area contributed by atoms with Crippen molar-refractivity contribution in [1.82, 2.24) is 4.90 Å². The van der Waals surface area contributed by atoms with Crippen LogP contribution in [0.3, 0.4) is 0 Å². The van der Waals surface area contributed by atoms with E-state index in [1.807, 2.05) is 6.92 Å². The molecule has 1 aromatic carbocycles. The van der Waals surface area contributed by atoms with Crippen LogP contribution in [-0.4, -0.2) is 37.2 Å². The lowest BCUT2D eigenvalue weighted by atomic mass is 9.99. The smallest absolute Gasteiger partial charge is 0.410 e. The van der Waals surface area contributed by atoms with Gasteiger partial charge in [-0.1, -0.05) is 6.07 Å². The molecule has 0 spiro atoms. The Bertz CT molecular complexity index is 495. The first-order chi connectivity index (χ1) is 9.78. The highest BCUT2D eigenvalue weighted by Crippen LogP contribution is 2.27. The summed E-state index contributed by atoms with van der Waals surface area (Å²) >= 11 is 0. The van der Waals surface area contributed by atoms with Gasteiger partial charge in [0.25, 0.3) is 0 Å². The van der Waals surface area contributed by atoms with Gasteiger partial charge in [0.2, 0.25) is 0 Å². The summed E-state index contributed by atoms with van der Waals surface area (Å²) in [5.41, 5.74) is 3.98. The SMILES string of the molecule is CCOC(=O)N1CCc2cc(N3CCCC3)ccc2C1. The van der Waals surface area contributed by atoms with Crippen LogP contribution in [0.15, 0.2) is 18.2 Å². The van der Waals surface area contributed by atoms with Gasteiger partial charge in [-0.05, 0) is 49.4 Å². The van der Waals surface area contributed by atoms with Gasteiger partial charge in [-0.25, -0.2) is 4.79 Å². The lowest BCUT2D eigenvalue weighted by Gasteiger charge is -2.29. The lowest BCUT2D eigenvalue weighted by Crippen LogP contribution is -2.36. The summed E-state index contributed by atoms with van der Waals surface area (Å²) in [6, 6.07) is 6.68. The zero-order valence-electron chi connectivity index (χ0n) is 12.1. The van der Waals surface area contributed by atoms with E-state index in [0.717, 1.165) is 13.0 Å². The third-order valence-electron chi connectivity index (χ3n) is 4.20. The van der Waals surface area contributed by atoms with Crippen LogP contribution in [0, 0.1) is 0 Å². The molecule has 1 aromatic rings. The Balaban J connectivity index is 1.73. The molecule has 1 amide bonds. The molecule has 2 aliphatic rings. The second-order valence-corrected chi connectivity index (χ2v) is 5.52. The minimum absolute atomic E-state index is 0.193. The van der Waals surface area contributed by atoms with Gasteiger partial charge in [-0.15, -0.1) is 0 Å². The van der Waals surface area contributed by atoms with Gasteiger partial charge in [0, 0.05) is 31.9 Å². The number of fused-ring (bicyclic) bond motifs is 1. The largest absolute Gasteiger partial charge is 0.450 e. The molecule has 0 atom stereocenters. The quantitative estimate of drug-likeness (QED) is 0.831. The first kappa shape index (κ1) is 13.3. The summed E-state index contributed by atoms with van der Waals surface area (Å²) in [6.07, 6.45) is 3.33. The fraction of sp³-hybridized carbons (Fsp3) is 0.562. The Morgan fingerprint density at radius 3 is 2.75 bits per heavy atom. The summed E-state index contributed by atoms with van der Waals surface area (Å²) in [7, 11) is 0. The topological polar surface area (TPSA) is 32.8 Å². The predicted molar refractivity (Wildman–Crippen MR) is 79.0 cm³/mol. The minimum Gasteiger partial charge on any atom is -0.450 e. The number of amides is 1. The molecule has 4 nitrogen and oxygen atoms in total. The maximum absolute atomic E-state index is 11.8. The van der Waals surface area contributed by atoms with Crippen molar-refractivity contribution in [2.24, 2.45) is 0 Å². The number of ether oxygens (including phenoxy) is 1. The maximum Gasteiger partial charge on any atom is 0.410 e. The summed E-state index contributed by atoms with van der Waals surface area (Å²) in [5.74, 6) is 0. The monoisotopic (exact) mass is 274 g/mol. The summed E-state index contributed by atoms with van der Waals surface area (Å²) in [6.45, 7) is 6.07. The second-order valence-electron chi connectivity index (χ2n) is 5.52. The number of rotatable bonds is 2. The molecule has 2 aliphatic heterocycles. The van der Waals surface area contributed by atoms with E-state index in [0.29, 0.717) is 13.2 Å². The standard InChI is InChI=1S/C16H22N2O2/c1-2-20-16(19)18-10-7-13-11-15(6-5-14(13)12-18)17-8-3-4-9-17/h5-6,11H,2-4,7-10,12H2,1H3. The predicted octanol–water partition coefficient (Wildman–Crippen LogP) is 2.80. The zero-order chi connectivity index (χ0) is 13.9. The van der Waals surface area contributed by atoms with Gasteiger partial charge in [0.05, 0.1) is 6.61 Å². The van der Waals surface area contributed by atoms with Crippen molar-refractivity contribution in [2.45, 2.75) is 32.7 Å². The van der Waals surface area contributed by atoms with Crippen molar-refractivity contribution < 1.29 is 9.53 Å². The lowest BCUT2D eigenvalue weighted by molar-refractivity contribution is 0.102. The van der Waals surface area contributed by atoms with Crippen LogP contribution in [0.25, 0.3) is 0 Å². The van der Waals surface area contributed by atoms with E-state index in [1.165, 1.54) is 42.7 Å². The number of nitrogens with zero attached hydrogens (tertiary/aromatic N) is 2. The second kappa shape index (κ2) is 5.73. The number of benzene rings is 1. The first-order valence-electron chi connectivity index (χ1n) is 7.56. The summed E-state index contributed by atoms with van der Waals surface area (Å²) in [4.78, 5) is 16.0. The van der Waals surface area contributed by atoms with Crippen LogP contribution < -0.4 is 4.90 Å². The van der Waals surface area contributed by atoms with E-state index in [2.05, 4.69) is 23.1 Å². The van der Waals surface area contributed by atoms with Gasteiger partial charge in [-0.2, -0.15) is 0 Å². The van der Waals surface area contributed by atoms with Crippen LogP contribution in [0.1, 0.15) is 30.9 Å². The highest BCUT2D eigenvalue weighted by Gasteiger charge is 2.22. The third-order valence-corrected chi connectivity index (χ3v) is 4.20. The van der Waals surface area contributed by atoms with Crippen LogP contribution in [0.5, 0.6) is 0 Å². The number of carbonyl (C=O) groups is 1. The van der Waals surface area contributed by atoms with Crippen LogP contribution >= 0.6 is 0 Å². The highest BCUT2D eigenvalue weighted by atomic mass is 16.6. The molecule has 1 fully saturated rings. The van der Waals surface area contributed by atoms with Crippen molar-refractivity contribution in [1.29, 1.82) is 0 Å². The van der Waals surface area contributed by atoms with E-state index in [-0.39, 0.29) is 6.09 Å². The average molecular weight is 274 g/mol. The number of carbonyl (C=O) groups excluding carboxylic acids is 1. The molecule has 1 saturated heterocycles. The average Bonchev–Trinajstić information content (AvgIpc) is 3.00. The van der Waals surface area contributed by atoms with Crippen molar-refractivity contribution >= 4 is 11.8 Å². The fourth-order valence-electron chi connectivity index (χ4n) is 3.08. The van der Waals surface area contributed by atoms with Gasteiger partial charge in [0.15, 0.2) is 0 Å². The van der Waals surface area contributed by atoms with Crippen LogP contribution in [0.4, 0.5) is 10.5 Å². The Morgan fingerprint density at radius 1 is 1.20 bits per heavy atom. The molecule has 2 heterocycles. The molecule has 4 heteroatoms. The first-order valence-corrected chi connectivity index (χ1v) is 7.56. The molecule has 0 bridgehead atoms. The molecule has 108 valence electrons. The van der Waals surface area contributed by atoms with E-state index in [1.54, 1.807) is 4.90 Å². The molecule has 0 N–H and O–H groups in total. The molecule has 0 unspecified atom stereocenters. The maximum atomic E-state index is 11.8. The van der Waals surface area contributed by atoms with E-state index < -0.39 is 0 Å². The van der Waals surface area contributed by atoms with E-state index >= 15 is 0 Å². The molecule has 0 aliphatic carbocycles. The summed E-state index contributed by atoms with van der Waals surface area (Å²) < 4.78 is 5.08. The highest BCUT2D eigenvalue weighted by molar-refractivity contribution is 5.68.